The summed E-state index contributed by atoms with van der Waals surface area (Å²) in [5, 5.41) is 0. The minimum atomic E-state index is -0.318. The minimum absolute atomic E-state index is 0.318. The number of ether oxygens (including phenoxy) is 4. The third kappa shape index (κ3) is 8.67. The summed E-state index contributed by atoms with van der Waals surface area (Å²) in [6.07, 6.45) is 5.61. The van der Waals surface area contributed by atoms with Gasteiger partial charge in [0, 0.05) is 6.92 Å². The summed E-state index contributed by atoms with van der Waals surface area (Å²) in [4.78, 5) is 11.2. The van der Waals surface area contributed by atoms with Crippen LogP contribution in [0.25, 0.3) is 0 Å². The van der Waals surface area contributed by atoms with Gasteiger partial charge in [0.2, 0.25) is 0 Å². The maximum atomic E-state index is 11.2. The third-order valence-corrected chi connectivity index (χ3v) is 5.40. The lowest BCUT2D eigenvalue weighted by Gasteiger charge is -2.14. The van der Waals surface area contributed by atoms with Crippen LogP contribution in [-0.2, 0) is 17.6 Å². The Morgan fingerprint density at radius 2 is 1.23 bits per heavy atom. The van der Waals surface area contributed by atoms with Gasteiger partial charge in [-0.15, -0.1) is 0 Å². The molecule has 0 saturated carbocycles. The maximum absolute atomic E-state index is 11.2. The first-order valence-corrected chi connectivity index (χ1v) is 12.5. The Bertz CT molecular complexity index is 1060. The van der Waals surface area contributed by atoms with Gasteiger partial charge >= 0.3 is 5.97 Å². The largest absolute Gasteiger partial charge is 0.493 e. The van der Waals surface area contributed by atoms with Crippen LogP contribution < -0.4 is 18.9 Å². The van der Waals surface area contributed by atoms with Crippen molar-refractivity contribution in [2.45, 2.75) is 59.3 Å². The average molecular weight is 477 g/mol. The minimum Gasteiger partial charge on any atom is -0.493 e. The molecule has 0 aromatic heterocycles. The van der Waals surface area contributed by atoms with E-state index in [1.807, 2.05) is 54.6 Å². The Morgan fingerprint density at radius 3 is 1.77 bits per heavy atom. The summed E-state index contributed by atoms with van der Waals surface area (Å²) >= 11 is 0. The molecule has 0 atom stereocenters. The molecule has 5 heteroatoms. The molecule has 3 rings (SSSR count). The monoisotopic (exact) mass is 476 g/mol. The Hall–Kier alpha value is -3.47. The molecule has 3 aromatic carbocycles. The van der Waals surface area contributed by atoms with Gasteiger partial charge in [-0.05, 0) is 85.3 Å². The molecular formula is C30H36O5. The Labute approximate surface area is 209 Å². The molecule has 0 heterocycles. The fourth-order valence-electron chi connectivity index (χ4n) is 3.81. The van der Waals surface area contributed by atoms with Gasteiger partial charge in [0.1, 0.15) is 28.7 Å². The van der Waals surface area contributed by atoms with Crippen molar-refractivity contribution in [2.24, 2.45) is 0 Å². The number of benzene rings is 3. The average Bonchev–Trinajstić information content (AvgIpc) is 2.84. The summed E-state index contributed by atoms with van der Waals surface area (Å²) in [7, 11) is 0. The van der Waals surface area contributed by atoms with Crippen molar-refractivity contribution >= 4 is 5.97 Å². The number of para-hydroxylation sites is 1. The lowest BCUT2D eigenvalue weighted by Crippen LogP contribution is -2.06. The van der Waals surface area contributed by atoms with Gasteiger partial charge < -0.3 is 18.9 Å². The molecule has 0 unspecified atom stereocenters. The molecule has 5 nitrogen and oxygen atoms in total. The molecule has 0 aliphatic rings. The molecule has 0 saturated heterocycles. The second-order valence-corrected chi connectivity index (χ2v) is 8.45. The summed E-state index contributed by atoms with van der Waals surface area (Å²) in [5.41, 5.74) is 2.22. The predicted octanol–water partition coefficient (Wildman–Crippen LogP) is 7.55. The molecule has 0 spiro atoms. The van der Waals surface area contributed by atoms with Crippen molar-refractivity contribution in [3.63, 3.8) is 0 Å². The van der Waals surface area contributed by atoms with Crippen molar-refractivity contribution in [3.8, 4) is 28.7 Å². The number of hydrogen-bond donors (Lipinski definition) is 0. The van der Waals surface area contributed by atoms with E-state index in [1.165, 1.54) is 6.92 Å². The van der Waals surface area contributed by atoms with Crippen LogP contribution in [0.5, 0.6) is 28.7 Å². The van der Waals surface area contributed by atoms with Gasteiger partial charge in [0.05, 0.1) is 13.2 Å². The summed E-state index contributed by atoms with van der Waals surface area (Å²) in [5.74, 6) is 3.66. The smallest absolute Gasteiger partial charge is 0.308 e. The van der Waals surface area contributed by atoms with Crippen LogP contribution in [0.15, 0.2) is 66.7 Å². The summed E-state index contributed by atoms with van der Waals surface area (Å²) in [6.45, 7) is 6.93. The standard InChI is InChI=1S/C30H36O5/c1-4-11-24-21-27(34-23(3)31)15-17-29(24)32-19-9-10-20-33-30-18-16-28(22-25(30)12-5-2)35-26-13-7-6-8-14-26/h6-8,13-18,21-22H,4-5,9-12,19-20H2,1-3H3. The van der Waals surface area contributed by atoms with E-state index in [2.05, 4.69) is 19.9 Å². The van der Waals surface area contributed by atoms with Crippen molar-refractivity contribution in [1.82, 2.24) is 0 Å². The van der Waals surface area contributed by atoms with E-state index in [0.29, 0.717) is 19.0 Å². The van der Waals surface area contributed by atoms with Gasteiger partial charge in [-0.1, -0.05) is 44.9 Å². The topological polar surface area (TPSA) is 54.0 Å². The fourth-order valence-corrected chi connectivity index (χ4v) is 3.81. The van der Waals surface area contributed by atoms with E-state index < -0.39 is 0 Å². The van der Waals surface area contributed by atoms with E-state index in [4.69, 9.17) is 18.9 Å². The molecule has 0 bridgehead atoms. The number of carbonyl (C=O) groups excluding carboxylic acids is 1. The molecule has 0 radical (unpaired) electrons. The van der Waals surface area contributed by atoms with Crippen LogP contribution in [0.2, 0.25) is 0 Å². The maximum Gasteiger partial charge on any atom is 0.308 e. The zero-order chi connectivity index (χ0) is 24.9. The van der Waals surface area contributed by atoms with Gasteiger partial charge in [-0.2, -0.15) is 0 Å². The van der Waals surface area contributed by atoms with Crippen molar-refractivity contribution in [3.05, 3.63) is 77.9 Å². The zero-order valence-electron chi connectivity index (χ0n) is 21.0. The zero-order valence-corrected chi connectivity index (χ0v) is 21.0. The molecule has 0 fully saturated rings. The Morgan fingerprint density at radius 1 is 0.686 bits per heavy atom. The third-order valence-electron chi connectivity index (χ3n) is 5.40. The van der Waals surface area contributed by atoms with Crippen LogP contribution in [0.4, 0.5) is 0 Å². The van der Waals surface area contributed by atoms with Crippen LogP contribution in [0.1, 0.15) is 57.6 Å². The first-order chi connectivity index (χ1) is 17.1. The number of unbranched alkanes of at least 4 members (excludes halogenated alkanes) is 1. The normalized spacial score (nSPS) is 10.6. The van der Waals surface area contributed by atoms with Crippen molar-refractivity contribution in [1.29, 1.82) is 0 Å². The molecule has 0 amide bonds. The molecule has 0 aliphatic heterocycles. The first-order valence-electron chi connectivity index (χ1n) is 12.5. The molecule has 35 heavy (non-hydrogen) atoms. The second-order valence-electron chi connectivity index (χ2n) is 8.45. The van der Waals surface area contributed by atoms with Gasteiger partial charge in [-0.25, -0.2) is 0 Å². The predicted molar refractivity (Wildman–Crippen MR) is 139 cm³/mol. The number of hydrogen-bond acceptors (Lipinski definition) is 5. The van der Waals surface area contributed by atoms with E-state index in [0.717, 1.165) is 72.6 Å². The van der Waals surface area contributed by atoms with Crippen molar-refractivity contribution in [2.75, 3.05) is 13.2 Å². The van der Waals surface area contributed by atoms with Gasteiger partial charge in [0.25, 0.3) is 0 Å². The second kappa shape index (κ2) is 14.1. The van der Waals surface area contributed by atoms with E-state index in [-0.39, 0.29) is 5.97 Å². The molecule has 3 aromatic rings. The van der Waals surface area contributed by atoms with Crippen LogP contribution >= 0.6 is 0 Å². The lowest BCUT2D eigenvalue weighted by molar-refractivity contribution is -0.131. The highest BCUT2D eigenvalue weighted by molar-refractivity contribution is 5.69. The number of esters is 1. The molecule has 0 aliphatic carbocycles. The fraction of sp³-hybridized carbons (Fsp3) is 0.367. The quantitative estimate of drug-likeness (QED) is 0.137. The first kappa shape index (κ1) is 26.1. The van der Waals surface area contributed by atoms with Gasteiger partial charge in [-0.3, -0.25) is 4.79 Å². The van der Waals surface area contributed by atoms with Crippen LogP contribution in [-0.4, -0.2) is 19.2 Å². The Balaban J connectivity index is 1.47. The highest BCUT2D eigenvalue weighted by atomic mass is 16.5. The summed E-state index contributed by atoms with van der Waals surface area (Å²) < 4.78 is 23.3. The number of carbonyl (C=O) groups is 1. The molecule has 186 valence electrons. The van der Waals surface area contributed by atoms with E-state index in [9.17, 15) is 4.79 Å². The van der Waals surface area contributed by atoms with Crippen LogP contribution in [0, 0.1) is 0 Å². The van der Waals surface area contributed by atoms with Crippen molar-refractivity contribution < 1.29 is 23.7 Å². The summed E-state index contributed by atoms with van der Waals surface area (Å²) in [6, 6.07) is 21.4. The lowest BCUT2D eigenvalue weighted by atomic mass is 10.1. The van der Waals surface area contributed by atoms with E-state index >= 15 is 0 Å². The van der Waals surface area contributed by atoms with Gasteiger partial charge in [0.15, 0.2) is 0 Å². The van der Waals surface area contributed by atoms with E-state index in [1.54, 1.807) is 6.07 Å². The molecular weight excluding hydrogens is 440 g/mol. The Kier molecular flexibility index (Phi) is 10.5. The highest BCUT2D eigenvalue weighted by Crippen LogP contribution is 2.29. The molecule has 0 N–H and O–H groups in total. The SMILES string of the molecule is CCCc1cc(OC(C)=O)ccc1OCCCCOc1ccc(Oc2ccccc2)cc1CCC. The number of aryl methyl sites for hydroxylation is 2. The highest BCUT2D eigenvalue weighted by Gasteiger charge is 2.09. The number of rotatable bonds is 14. The van der Waals surface area contributed by atoms with Crippen LogP contribution in [0.3, 0.4) is 0 Å².